The van der Waals surface area contributed by atoms with Gasteiger partial charge in [-0.15, -0.1) is 0 Å². The van der Waals surface area contributed by atoms with E-state index in [2.05, 4.69) is 17.3 Å². The van der Waals surface area contributed by atoms with Crippen LogP contribution in [0.3, 0.4) is 0 Å². The third kappa shape index (κ3) is 0.251. The van der Waals surface area contributed by atoms with E-state index in [-0.39, 0.29) is 0 Å². The number of nitrogens with zero attached hydrogens (tertiary/aromatic N) is 1. The molecule has 6 heavy (non-hydrogen) atoms. The van der Waals surface area contributed by atoms with Gasteiger partial charge in [0.1, 0.15) is 0 Å². The molecule has 1 aliphatic heterocycles. The van der Waals surface area contributed by atoms with E-state index in [9.17, 15) is 0 Å². The third-order valence-electron chi connectivity index (χ3n) is 1.29. The molecule has 1 heteroatoms. The SMILES string of the molecule is C1=CN1C1CC1. The van der Waals surface area contributed by atoms with Crippen molar-refractivity contribution >= 4 is 0 Å². The van der Waals surface area contributed by atoms with Crippen LogP contribution in [0.4, 0.5) is 0 Å². The van der Waals surface area contributed by atoms with Crippen LogP contribution in [0.2, 0.25) is 0 Å². The second-order valence-electron chi connectivity index (χ2n) is 1.98. The fourth-order valence-corrected chi connectivity index (χ4v) is 0.655. The minimum absolute atomic E-state index is 0.935. The summed E-state index contributed by atoms with van der Waals surface area (Å²) >= 11 is 0. The van der Waals surface area contributed by atoms with Crippen LogP contribution < -0.4 is 0 Å². The van der Waals surface area contributed by atoms with Gasteiger partial charge in [-0.1, -0.05) is 0 Å². The highest BCUT2D eigenvalue weighted by Gasteiger charge is 2.29. The van der Waals surface area contributed by atoms with Crippen molar-refractivity contribution in [3.05, 3.63) is 12.4 Å². The monoisotopic (exact) mass is 81.1 g/mol. The predicted molar refractivity (Wildman–Crippen MR) is 24.0 cm³/mol. The third-order valence-corrected chi connectivity index (χ3v) is 1.29. The van der Waals surface area contributed by atoms with E-state index < -0.39 is 0 Å². The van der Waals surface area contributed by atoms with Crippen molar-refractivity contribution < 1.29 is 0 Å². The van der Waals surface area contributed by atoms with E-state index in [1.165, 1.54) is 12.8 Å². The van der Waals surface area contributed by atoms with Gasteiger partial charge < -0.3 is 4.90 Å². The van der Waals surface area contributed by atoms with E-state index in [1.54, 1.807) is 0 Å². The zero-order valence-electron chi connectivity index (χ0n) is 3.59. The van der Waals surface area contributed by atoms with Crippen molar-refractivity contribution in [1.29, 1.82) is 0 Å². The molecule has 0 aromatic carbocycles. The quantitative estimate of drug-likeness (QED) is 0.454. The zero-order chi connectivity index (χ0) is 3.98. The first-order valence-corrected chi connectivity index (χ1v) is 2.42. The van der Waals surface area contributed by atoms with Crippen LogP contribution >= 0.6 is 0 Å². The summed E-state index contributed by atoms with van der Waals surface area (Å²) in [6.07, 6.45) is 7.12. The Bertz CT molecular complexity index is 86.1. The summed E-state index contributed by atoms with van der Waals surface area (Å²) < 4.78 is 0. The van der Waals surface area contributed by atoms with Gasteiger partial charge >= 0.3 is 0 Å². The van der Waals surface area contributed by atoms with Crippen LogP contribution in [0.5, 0.6) is 0 Å². The molecule has 0 saturated heterocycles. The smallest absolute Gasteiger partial charge is 0.0333 e. The Labute approximate surface area is 37.3 Å². The number of hydrogen-bond donors (Lipinski definition) is 0. The van der Waals surface area contributed by atoms with Gasteiger partial charge in [-0.3, -0.25) is 0 Å². The molecule has 1 heterocycles. The van der Waals surface area contributed by atoms with Gasteiger partial charge in [-0.25, -0.2) is 0 Å². The Morgan fingerprint density at radius 3 is 2.17 bits per heavy atom. The Morgan fingerprint density at radius 1 is 1.33 bits per heavy atom. The minimum Gasteiger partial charge on any atom is -0.348 e. The van der Waals surface area contributed by atoms with Crippen molar-refractivity contribution in [2.24, 2.45) is 0 Å². The molecule has 1 fully saturated rings. The van der Waals surface area contributed by atoms with E-state index in [1.807, 2.05) is 0 Å². The molecule has 0 atom stereocenters. The standard InChI is InChI=1S/C5H7N/c1-2-5(1)6-3-4-6/h3-5H,1-2H2. The average molecular weight is 81.1 g/mol. The lowest BCUT2D eigenvalue weighted by molar-refractivity contribution is 0.597. The Kier molecular flexibility index (Phi) is 0.278. The summed E-state index contributed by atoms with van der Waals surface area (Å²) in [6.45, 7) is 0. The fourth-order valence-electron chi connectivity index (χ4n) is 0.655. The van der Waals surface area contributed by atoms with Crippen LogP contribution in [0, 0.1) is 0 Å². The van der Waals surface area contributed by atoms with Gasteiger partial charge in [-0.05, 0) is 12.8 Å². The normalized spacial score (nSPS) is 28.3. The lowest BCUT2D eigenvalue weighted by Crippen LogP contribution is -1.94. The first-order valence-electron chi connectivity index (χ1n) is 2.42. The van der Waals surface area contributed by atoms with Crippen molar-refractivity contribution in [1.82, 2.24) is 4.90 Å². The molecule has 2 aliphatic rings. The molecule has 32 valence electrons. The maximum absolute atomic E-state index is 2.28. The topological polar surface area (TPSA) is 3.01 Å². The number of hydrogen-bond acceptors (Lipinski definition) is 1. The molecule has 0 amide bonds. The highest BCUT2D eigenvalue weighted by atomic mass is 15.2. The molecule has 1 nitrogen and oxygen atoms in total. The van der Waals surface area contributed by atoms with Gasteiger partial charge in [0.2, 0.25) is 0 Å². The first kappa shape index (κ1) is 2.67. The van der Waals surface area contributed by atoms with Crippen molar-refractivity contribution in [3.8, 4) is 0 Å². The highest BCUT2D eigenvalue weighted by Crippen LogP contribution is 2.31. The van der Waals surface area contributed by atoms with Crippen LogP contribution in [-0.4, -0.2) is 10.9 Å². The van der Waals surface area contributed by atoms with Gasteiger partial charge in [0.25, 0.3) is 0 Å². The second kappa shape index (κ2) is 0.625. The molecule has 1 saturated carbocycles. The molecule has 0 bridgehead atoms. The van der Waals surface area contributed by atoms with Gasteiger partial charge in [0.05, 0.1) is 0 Å². The van der Waals surface area contributed by atoms with Gasteiger partial charge in [0.15, 0.2) is 0 Å². The minimum atomic E-state index is 0.935. The van der Waals surface area contributed by atoms with Gasteiger partial charge in [0, 0.05) is 18.4 Å². The predicted octanol–water partition coefficient (Wildman–Crippen LogP) is 0.936. The average Bonchev–Trinajstić information content (AvgIpc) is 2.26. The molecule has 0 unspecified atom stereocenters. The Hall–Kier alpha value is -0.460. The van der Waals surface area contributed by atoms with Crippen molar-refractivity contribution in [3.63, 3.8) is 0 Å². The molecule has 2 rings (SSSR count). The molecule has 0 aromatic heterocycles. The van der Waals surface area contributed by atoms with Gasteiger partial charge in [-0.2, -0.15) is 0 Å². The molecule has 1 aliphatic carbocycles. The summed E-state index contributed by atoms with van der Waals surface area (Å²) in [5.74, 6) is 0. The zero-order valence-corrected chi connectivity index (χ0v) is 3.59. The number of rotatable bonds is 1. The van der Waals surface area contributed by atoms with E-state index in [4.69, 9.17) is 0 Å². The summed E-state index contributed by atoms with van der Waals surface area (Å²) in [6, 6.07) is 0.935. The summed E-state index contributed by atoms with van der Waals surface area (Å²) in [5, 5.41) is 0. The van der Waals surface area contributed by atoms with E-state index in [0.717, 1.165) is 6.04 Å². The Morgan fingerprint density at radius 2 is 2.00 bits per heavy atom. The Balaban J connectivity index is 1.94. The molecular formula is C5H7N. The maximum atomic E-state index is 2.28. The molecule has 0 radical (unpaired) electrons. The lowest BCUT2D eigenvalue weighted by atomic mass is 10.7. The van der Waals surface area contributed by atoms with Crippen molar-refractivity contribution in [2.75, 3.05) is 0 Å². The highest BCUT2D eigenvalue weighted by molar-refractivity contribution is 5.08. The summed E-state index contributed by atoms with van der Waals surface area (Å²) in [5.41, 5.74) is 0. The largest absolute Gasteiger partial charge is 0.348 e. The van der Waals surface area contributed by atoms with E-state index in [0.29, 0.717) is 0 Å². The van der Waals surface area contributed by atoms with Crippen molar-refractivity contribution in [2.45, 2.75) is 18.9 Å². The van der Waals surface area contributed by atoms with E-state index >= 15 is 0 Å². The van der Waals surface area contributed by atoms with Crippen LogP contribution in [-0.2, 0) is 0 Å². The fraction of sp³-hybridized carbons (Fsp3) is 0.600. The van der Waals surface area contributed by atoms with Crippen LogP contribution in [0.15, 0.2) is 12.4 Å². The summed E-state index contributed by atoms with van der Waals surface area (Å²) in [7, 11) is 0. The maximum Gasteiger partial charge on any atom is 0.0333 e. The molecule has 0 aromatic rings. The molecular weight excluding hydrogens is 74.1 g/mol. The molecule has 0 N–H and O–H groups in total. The lowest BCUT2D eigenvalue weighted by Gasteiger charge is -1.91. The summed E-state index contributed by atoms with van der Waals surface area (Å²) in [4.78, 5) is 2.28. The first-order chi connectivity index (χ1) is 2.97. The second-order valence-corrected chi connectivity index (χ2v) is 1.98. The molecule has 0 spiro atoms. The van der Waals surface area contributed by atoms with Crippen LogP contribution in [0.1, 0.15) is 12.8 Å². The van der Waals surface area contributed by atoms with Crippen LogP contribution in [0.25, 0.3) is 0 Å².